The van der Waals surface area contributed by atoms with Gasteiger partial charge in [-0.2, -0.15) is 0 Å². The zero-order valence-electron chi connectivity index (χ0n) is 26.6. The van der Waals surface area contributed by atoms with Gasteiger partial charge in [0.1, 0.15) is 17.3 Å². The fourth-order valence-corrected chi connectivity index (χ4v) is 6.23. The van der Waals surface area contributed by atoms with Crippen molar-refractivity contribution in [3.05, 3.63) is 88.7 Å². The lowest BCUT2D eigenvalue weighted by Gasteiger charge is -2.39. The molecular weight excluding hydrogens is 605 g/mol. The summed E-state index contributed by atoms with van der Waals surface area (Å²) in [6, 6.07) is 16.1. The van der Waals surface area contributed by atoms with Gasteiger partial charge in [0.25, 0.3) is 5.56 Å². The maximum Gasteiger partial charge on any atom is 0.327 e. The Balaban J connectivity index is 1.42. The van der Waals surface area contributed by atoms with Gasteiger partial charge in [0.2, 0.25) is 5.91 Å². The molecule has 47 heavy (non-hydrogen) atoms. The van der Waals surface area contributed by atoms with Crippen LogP contribution in [-0.2, 0) is 4.79 Å². The lowest BCUT2D eigenvalue weighted by molar-refractivity contribution is -0.133. The number of aromatic nitrogens is 2. The van der Waals surface area contributed by atoms with Crippen molar-refractivity contribution in [1.29, 1.82) is 0 Å². The number of halogens is 1. The molecule has 0 spiro atoms. The molecule has 0 bridgehead atoms. The molecule has 0 radical (unpaired) electrons. The fourth-order valence-electron chi connectivity index (χ4n) is 6.23. The first-order valence-electron chi connectivity index (χ1n) is 15.7. The third-order valence-electron chi connectivity index (χ3n) is 8.71. The average molecular weight is 644 g/mol. The van der Waals surface area contributed by atoms with E-state index in [0.29, 0.717) is 65.8 Å². The summed E-state index contributed by atoms with van der Waals surface area (Å²) in [5, 5.41) is 8.45. The van der Waals surface area contributed by atoms with E-state index < -0.39 is 17.9 Å². The molecule has 1 unspecified atom stereocenters. The second kappa shape index (κ2) is 13.7. The van der Waals surface area contributed by atoms with Gasteiger partial charge in [0.05, 0.1) is 56.0 Å². The number of fused-ring (bicyclic) bond motifs is 1. The number of benzene rings is 3. The van der Waals surface area contributed by atoms with Crippen molar-refractivity contribution in [3.8, 4) is 11.5 Å². The number of urea groups is 1. The molecule has 2 saturated heterocycles. The number of piperazine rings is 1. The first kappa shape index (κ1) is 31.8. The van der Waals surface area contributed by atoms with Crippen molar-refractivity contribution in [1.82, 2.24) is 19.9 Å². The highest BCUT2D eigenvalue weighted by Gasteiger charge is 2.34. The quantitative estimate of drug-likeness (QED) is 0.297. The van der Waals surface area contributed by atoms with Gasteiger partial charge < -0.3 is 30.0 Å². The highest BCUT2D eigenvalue weighted by Crippen LogP contribution is 2.37. The highest BCUT2D eigenvalue weighted by molar-refractivity contribution is 6.03. The number of anilines is 2. The van der Waals surface area contributed by atoms with E-state index in [2.05, 4.69) is 10.6 Å². The summed E-state index contributed by atoms with van der Waals surface area (Å²) in [6.07, 6.45) is 1.79. The van der Waals surface area contributed by atoms with Crippen molar-refractivity contribution < 1.29 is 23.5 Å². The molecule has 2 aliphatic rings. The number of methoxy groups -OCH3 is 2. The van der Waals surface area contributed by atoms with E-state index in [-0.39, 0.29) is 17.5 Å². The summed E-state index contributed by atoms with van der Waals surface area (Å²) in [4.78, 5) is 49.8. The number of rotatable bonds is 8. The Kier molecular flexibility index (Phi) is 9.25. The van der Waals surface area contributed by atoms with E-state index in [1.165, 1.54) is 48.1 Å². The van der Waals surface area contributed by atoms with Gasteiger partial charge in [-0.15, -0.1) is 0 Å². The zero-order chi connectivity index (χ0) is 33.1. The molecule has 3 aromatic carbocycles. The lowest BCUT2D eigenvalue weighted by Crippen LogP contribution is -2.58. The van der Waals surface area contributed by atoms with Crippen LogP contribution in [0.15, 0.2) is 71.5 Å². The first-order valence-corrected chi connectivity index (χ1v) is 15.7. The van der Waals surface area contributed by atoms with E-state index in [4.69, 9.17) is 14.5 Å². The normalized spacial score (nSPS) is 17.0. The molecule has 12 nitrogen and oxygen atoms in total. The largest absolute Gasteiger partial charge is 0.497 e. The van der Waals surface area contributed by atoms with E-state index in [1.807, 2.05) is 9.91 Å². The number of nitrogens with one attached hydrogen (secondary N) is 2. The van der Waals surface area contributed by atoms with Crippen LogP contribution < -0.4 is 35.6 Å². The number of carbonyl (C=O) groups excluding carboxylic acids is 2. The van der Waals surface area contributed by atoms with Gasteiger partial charge in [-0.05, 0) is 74.8 Å². The summed E-state index contributed by atoms with van der Waals surface area (Å²) in [6.45, 7) is 4.28. The Bertz CT molecular complexity index is 1820. The van der Waals surface area contributed by atoms with Crippen molar-refractivity contribution in [3.63, 3.8) is 0 Å². The minimum atomic E-state index is -0.822. The molecule has 0 saturated carbocycles. The zero-order valence-corrected chi connectivity index (χ0v) is 26.6. The highest BCUT2D eigenvalue weighted by atomic mass is 19.1. The summed E-state index contributed by atoms with van der Waals surface area (Å²) in [7, 11) is 3.02. The smallest absolute Gasteiger partial charge is 0.327 e. The fraction of sp³-hybridized carbons (Fsp3) is 0.353. The Morgan fingerprint density at radius 1 is 1.02 bits per heavy atom. The van der Waals surface area contributed by atoms with Gasteiger partial charge >= 0.3 is 6.03 Å². The van der Waals surface area contributed by atoms with Crippen LogP contribution in [0.4, 0.5) is 20.6 Å². The number of carbonyl (C=O) groups is 2. The van der Waals surface area contributed by atoms with Crippen molar-refractivity contribution in [2.24, 2.45) is 0 Å². The molecule has 0 aliphatic carbocycles. The summed E-state index contributed by atoms with van der Waals surface area (Å²) in [5.74, 6) is 0.842. The van der Waals surface area contributed by atoms with Gasteiger partial charge in [-0.1, -0.05) is 12.1 Å². The predicted molar refractivity (Wildman–Crippen MR) is 177 cm³/mol. The second-order valence-electron chi connectivity index (χ2n) is 11.6. The monoisotopic (exact) mass is 643 g/mol. The maximum atomic E-state index is 14.2. The van der Waals surface area contributed by atoms with Gasteiger partial charge in [0, 0.05) is 24.8 Å². The van der Waals surface area contributed by atoms with Crippen LogP contribution in [0, 0.1) is 5.82 Å². The van der Waals surface area contributed by atoms with Crippen LogP contribution in [-0.4, -0.2) is 79.5 Å². The van der Waals surface area contributed by atoms with Crippen LogP contribution in [0.1, 0.15) is 31.6 Å². The third-order valence-corrected chi connectivity index (χ3v) is 8.71. The number of hydrogen-bond donors (Lipinski definition) is 2. The van der Waals surface area contributed by atoms with E-state index in [1.54, 1.807) is 49.4 Å². The standard InChI is InChI=1S/C34H38FN7O5/c1-22(41(29-15-14-25(46-2)21-30(29)47-3)34(45)37-24-12-10-23(35)11-13-24)31-38-27-8-5-4-7-26(27)32(43)42(31)40-19-17-39(18-20-40)33(44)28-9-6-16-36-28/h4-5,7-8,10-15,21-22,28,36H,6,9,16-20H2,1-3H3,(H,37,45)/t22?,28-/m0/s1. The molecule has 2 fully saturated rings. The van der Waals surface area contributed by atoms with E-state index in [9.17, 15) is 18.8 Å². The predicted octanol–water partition coefficient (Wildman–Crippen LogP) is 3.88. The Morgan fingerprint density at radius 2 is 1.77 bits per heavy atom. The topological polar surface area (TPSA) is 121 Å². The summed E-state index contributed by atoms with van der Waals surface area (Å²) < 4.78 is 26.3. The van der Waals surface area contributed by atoms with Crippen molar-refractivity contribution in [2.45, 2.75) is 31.8 Å². The van der Waals surface area contributed by atoms with Gasteiger partial charge in [0.15, 0.2) is 5.82 Å². The molecular formula is C34H38FN7O5. The Hall–Kier alpha value is -5.17. The minimum Gasteiger partial charge on any atom is -0.497 e. The van der Waals surface area contributed by atoms with E-state index in [0.717, 1.165) is 19.4 Å². The molecule has 246 valence electrons. The Labute approximate surface area is 271 Å². The van der Waals surface area contributed by atoms with Crippen molar-refractivity contribution >= 4 is 34.2 Å². The minimum absolute atomic E-state index is 0.0787. The van der Waals surface area contributed by atoms with Crippen molar-refractivity contribution in [2.75, 3.05) is 62.2 Å². The maximum absolute atomic E-state index is 14.2. The molecule has 3 heterocycles. The molecule has 13 heteroatoms. The number of amides is 3. The number of ether oxygens (including phenoxy) is 2. The molecule has 3 amide bonds. The SMILES string of the molecule is COc1ccc(N(C(=O)Nc2ccc(F)cc2)C(C)c2nc3ccccc3c(=O)n2N2CCN(C(=O)[C@@H]3CCCN3)CC2)c(OC)c1. The third kappa shape index (κ3) is 6.43. The second-order valence-corrected chi connectivity index (χ2v) is 11.6. The molecule has 1 aromatic heterocycles. The van der Waals surface area contributed by atoms with Crippen LogP contribution in [0.5, 0.6) is 11.5 Å². The molecule has 6 rings (SSSR count). The number of hydrogen-bond acceptors (Lipinski definition) is 8. The van der Waals surface area contributed by atoms with Gasteiger partial charge in [-0.25, -0.2) is 18.8 Å². The van der Waals surface area contributed by atoms with Crippen LogP contribution in [0.3, 0.4) is 0 Å². The van der Waals surface area contributed by atoms with Crippen LogP contribution >= 0.6 is 0 Å². The average Bonchev–Trinajstić information content (AvgIpc) is 3.64. The Morgan fingerprint density at radius 3 is 2.45 bits per heavy atom. The molecule has 2 aliphatic heterocycles. The number of para-hydroxylation sites is 1. The number of nitrogens with zero attached hydrogens (tertiary/aromatic N) is 5. The summed E-state index contributed by atoms with van der Waals surface area (Å²) in [5.41, 5.74) is 0.976. The first-order chi connectivity index (χ1) is 22.8. The van der Waals surface area contributed by atoms with Crippen LogP contribution in [0.2, 0.25) is 0 Å². The van der Waals surface area contributed by atoms with Crippen LogP contribution in [0.25, 0.3) is 10.9 Å². The summed E-state index contributed by atoms with van der Waals surface area (Å²) >= 11 is 0. The lowest BCUT2D eigenvalue weighted by atomic mass is 10.1. The molecule has 2 atom stereocenters. The molecule has 2 N–H and O–H groups in total. The van der Waals surface area contributed by atoms with E-state index >= 15 is 0 Å². The van der Waals surface area contributed by atoms with Gasteiger partial charge in [-0.3, -0.25) is 14.5 Å². The molecule has 4 aromatic rings.